The lowest BCUT2D eigenvalue weighted by Gasteiger charge is -2.28. The Labute approximate surface area is 155 Å². The van der Waals surface area contributed by atoms with Gasteiger partial charge in [-0.25, -0.2) is 4.79 Å². The topological polar surface area (TPSA) is 81.8 Å². The number of hydrogen-bond donors (Lipinski definition) is 2. The van der Waals surface area contributed by atoms with E-state index < -0.39 is 5.54 Å². The van der Waals surface area contributed by atoms with Gasteiger partial charge in [-0.3, -0.25) is 14.5 Å². The van der Waals surface area contributed by atoms with Gasteiger partial charge in [-0.1, -0.05) is 12.8 Å². The molecule has 2 N–H and O–H groups in total. The van der Waals surface area contributed by atoms with Crippen molar-refractivity contribution in [2.45, 2.75) is 63.3 Å². The van der Waals surface area contributed by atoms with Crippen LogP contribution in [0.5, 0.6) is 0 Å². The summed E-state index contributed by atoms with van der Waals surface area (Å²) in [5.41, 5.74) is -0.645. The van der Waals surface area contributed by atoms with Crippen molar-refractivity contribution in [1.82, 2.24) is 20.4 Å². The van der Waals surface area contributed by atoms with Crippen LogP contribution in [0, 0.1) is 5.92 Å². The van der Waals surface area contributed by atoms with Crippen LogP contribution in [0.15, 0.2) is 0 Å². The molecule has 3 aliphatic rings. The first-order valence-corrected chi connectivity index (χ1v) is 10.1. The van der Waals surface area contributed by atoms with Crippen molar-refractivity contribution in [1.29, 1.82) is 0 Å². The van der Waals surface area contributed by atoms with Crippen molar-refractivity contribution in [3.63, 3.8) is 0 Å². The van der Waals surface area contributed by atoms with Crippen molar-refractivity contribution in [3.05, 3.63) is 0 Å². The lowest BCUT2D eigenvalue weighted by atomic mass is 9.94. The van der Waals surface area contributed by atoms with Crippen LogP contribution in [0.2, 0.25) is 0 Å². The lowest BCUT2D eigenvalue weighted by Crippen LogP contribution is -2.44. The summed E-state index contributed by atoms with van der Waals surface area (Å²) in [7, 11) is 2.15. The van der Waals surface area contributed by atoms with Gasteiger partial charge in [0.15, 0.2) is 0 Å². The van der Waals surface area contributed by atoms with E-state index in [0.29, 0.717) is 25.3 Å². The number of imide groups is 1. The first-order chi connectivity index (χ1) is 12.5. The lowest BCUT2D eigenvalue weighted by molar-refractivity contribution is -0.131. The van der Waals surface area contributed by atoms with E-state index in [1.807, 2.05) is 0 Å². The van der Waals surface area contributed by atoms with Crippen molar-refractivity contribution >= 4 is 17.8 Å². The van der Waals surface area contributed by atoms with E-state index in [2.05, 4.69) is 22.6 Å². The molecule has 4 amide bonds. The highest BCUT2D eigenvalue weighted by Gasteiger charge is 2.51. The normalized spacial score (nSPS) is 23.7. The van der Waals surface area contributed by atoms with Crippen LogP contribution in [0.4, 0.5) is 4.79 Å². The van der Waals surface area contributed by atoms with Gasteiger partial charge in [-0.2, -0.15) is 0 Å². The molecule has 0 atom stereocenters. The van der Waals surface area contributed by atoms with E-state index in [-0.39, 0.29) is 17.8 Å². The minimum absolute atomic E-state index is 0.0144. The third-order valence-electron chi connectivity index (χ3n) is 6.20. The zero-order valence-electron chi connectivity index (χ0n) is 15.9. The summed E-state index contributed by atoms with van der Waals surface area (Å²) in [4.78, 5) is 40.3. The molecule has 3 rings (SSSR count). The smallest absolute Gasteiger partial charge is 0.325 e. The summed E-state index contributed by atoms with van der Waals surface area (Å²) < 4.78 is 0. The zero-order chi connectivity index (χ0) is 18.6. The Balaban J connectivity index is 1.31. The van der Waals surface area contributed by atoms with E-state index in [1.165, 1.54) is 17.7 Å². The predicted molar refractivity (Wildman–Crippen MR) is 98.5 cm³/mol. The van der Waals surface area contributed by atoms with Gasteiger partial charge >= 0.3 is 6.03 Å². The SMILES string of the molecule is CN1CCC(CCNC(=O)CCCN2C(=O)NC3(CCCC3)C2=O)CC1. The Morgan fingerprint density at radius 3 is 2.62 bits per heavy atom. The van der Waals surface area contributed by atoms with Gasteiger partial charge in [0.25, 0.3) is 5.91 Å². The van der Waals surface area contributed by atoms with Gasteiger partial charge in [0.2, 0.25) is 5.91 Å². The fraction of sp³-hybridized carbons (Fsp3) is 0.842. The summed E-state index contributed by atoms with van der Waals surface area (Å²) in [6.07, 6.45) is 7.79. The van der Waals surface area contributed by atoms with Crippen molar-refractivity contribution in [2.24, 2.45) is 5.92 Å². The molecule has 0 aromatic carbocycles. The minimum atomic E-state index is -0.645. The highest BCUT2D eigenvalue weighted by molar-refractivity contribution is 6.07. The first kappa shape index (κ1) is 19.1. The molecule has 0 radical (unpaired) electrons. The Kier molecular flexibility index (Phi) is 6.16. The average molecular weight is 364 g/mol. The molecule has 0 aromatic heterocycles. The van der Waals surface area contributed by atoms with Gasteiger partial charge in [-0.05, 0) is 64.6 Å². The molecule has 26 heavy (non-hydrogen) atoms. The Morgan fingerprint density at radius 1 is 1.23 bits per heavy atom. The Hall–Kier alpha value is -1.63. The second kappa shape index (κ2) is 8.37. The number of likely N-dealkylation sites (tertiary alicyclic amines) is 1. The third-order valence-corrected chi connectivity index (χ3v) is 6.20. The van der Waals surface area contributed by atoms with Crippen LogP contribution in [-0.4, -0.2) is 66.4 Å². The van der Waals surface area contributed by atoms with E-state index in [9.17, 15) is 14.4 Å². The highest BCUT2D eigenvalue weighted by atomic mass is 16.2. The molecule has 0 unspecified atom stereocenters. The first-order valence-electron chi connectivity index (χ1n) is 10.1. The molecule has 146 valence electrons. The maximum absolute atomic E-state index is 12.5. The van der Waals surface area contributed by atoms with E-state index in [1.54, 1.807) is 0 Å². The quantitative estimate of drug-likeness (QED) is 0.671. The number of hydrogen-bond acceptors (Lipinski definition) is 4. The van der Waals surface area contributed by atoms with Crippen molar-refractivity contribution < 1.29 is 14.4 Å². The van der Waals surface area contributed by atoms with Crippen molar-refractivity contribution in [3.8, 4) is 0 Å². The number of carbonyl (C=O) groups is 3. The Morgan fingerprint density at radius 2 is 1.92 bits per heavy atom. The third kappa shape index (κ3) is 4.37. The molecule has 2 saturated heterocycles. The molecule has 7 nitrogen and oxygen atoms in total. The molecule has 2 aliphatic heterocycles. The molecule has 1 aliphatic carbocycles. The van der Waals surface area contributed by atoms with E-state index in [0.717, 1.165) is 51.7 Å². The number of amides is 4. The van der Waals surface area contributed by atoms with Crippen molar-refractivity contribution in [2.75, 3.05) is 33.2 Å². The fourth-order valence-electron chi connectivity index (χ4n) is 4.45. The number of rotatable bonds is 7. The monoisotopic (exact) mass is 364 g/mol. The number of urea groups is 1. The number of nitrogens with zero attached hydrogens (tertiary/aromatic N) is 2. The van der Waals surface area contributed by atoms with Crippen LogP contribution in [0.1, 0.15) is 57.8 Å². The molecule has 1 spiro atoms. The molecule has 7 heteroatoms. The molecule has 0 bridgehead atoms. The molecule has 2 heterocycles. The van der Waals surface area contributed by atoms with Gasteiger partial charge in [0.1, 0.15) is 5.54 Å². The van der Waals surface area contributed by atoms with Crippen LogP contribution in [0.25, 0.3) is 0 Å². The average Bonchev–Trinajstić information content (AvgIpc) is 3.17. The summed E-state index contributed by atoms with van der Waals surface area (Å²) >= 11 is 0. The summed E-state index contributed by atoms with van der Waals surface area (Å²) in [6.45, 7) is 3.34. The van der Waals surface area contributed by atoms with Gasteiger partial charge in [0, 0.05) is 19.5 Å². The van der Waals surface area contributed by atoms with Gasteiger partial charge in [-0.15, -0.1) is 0 Å². The van der Waals surface area contributed by atoms with E-state index >= 15 is 0 Å². The largest absolute Gasteiger partial charge is 0.356 e. The van der Waals surface area contributed by atoms with Crippen LogP contribution in [0.3, 0.4) is 0 Å². The molecule has 3 fully saturated rings. The second-order valence-electron chi connectivity index (χ2n) is 8.16. The molecule has 1 saturated carbocycles. The number of carbonyl (C=O) groups excluding carboxylic acids is 3. The molecular formula is C19H32N4O3. The van der Waals surface area contributed by atoms with E-state index in [4.69, 9.17) is 0 Å². The zero-order valence-corrected chi connectivity index (χ0v) is 15.9. The minimum Gasteiger partial charge on any atom is -0.356 e. The standard InChI is InChI=1S/C19H32N4O3/c1-22-13-7-15(8-14-22)6-11-20-16(24)5-4-12-23-17(25)19(21-18(23)26)9-2-3-10-19/h15H,2-14H2,1H3,(H,20,24)(H,21,26). The summed E-state index contributed by atoms with van der Waals surface area (Å²) in [5, 5.41) is 5.86. The number of nitrogens with one attached hydrogen (secondary N) is 2. The van der Waals surface area contributed by atoms with Crippen LogP contribution in [-0.2, 0) is 9.59 Å². The maximum Gasteiger partial charge on any atom is 0.325 e. The number of piperidine rings is 1. The van der Waals surface area contributed by atoms with Crippen LogP contribution >= 0.6 is 0 Å². The summed E-state index contributed by atoms with van der Waals surface area (Å²) in [6, 6.07) is -0.292. The van der Waals surface area contributed by atoms with Gasteiger partial charge in [0.05, 0.1) is 0 Å². The van der Waals surface area contributed by atoms with Gasteiger partial charge < -0.3 is 15.5 Å². The second-order valence-corrected chi connectivity index (χ2v) is 8.16. The van der Waals surface area contributed by atoms with Crippen LogP contribution < -0.4 is 10.6 Å². The predicted octanol–water partition coefficient (Wildman–Crippen LogP) is 1.48. The maximum atomic E-state index is 12.5. The summed E-state index contributed by atoms with van der Waals surface area (Å²) in [5.74, 6) is 0.628. The highest BCUT2D eigenvalue weighted by Crippen LogP contribution is 2.35. The fourth-order valence-corrected chi connectivity index (χ4v) is 4.45. The Bertz CT molecular complexity index is 537. The molecule has 0 aromatic rings. The molecular weight excluding hydrogens is 332 g/mol.